The molecule has 5 nitrogen and oxygen atoms in total. The van der Waals surface area contributed by atoms with E-state index < -0.39 is 11.6 Å². The second kappa shape index (κ2) is 10.5. The van der Waals surface area contributed by atoms with Crippen LogP contribution in [0.25, 0.3) is 0 Å². The third kappa shape index (κ3) is 5.12. The van der Waals surface area contributed by atoms with Crippen molar-refractivity contribution >= 4 is 11.9 Å². The second-order valence-corrected chi connectivity index (χ2v) is 15.7. The minimum absolute atomic E-state index is 0.0520. The highest BCUT2D eigenvalue weighted by molar-refractivity contribution is 5.76. The van der Waals surface area contributed by atoms with Crippen LogP contribution in [0.5, 0.6) is 0 Å². The van der Waals surface area contributed by atoms with Gasteiger partial charge in [-0.05, 0) is 125 Å². The van der Waals surface area contributed by atoms with Gasteiger partial charge in [-0.1, -0.05) is 46.3 Å². The van der Waals surface area contributed by atoms with Gasteiger partial charge in [0.2, 0.25) is 0 Å². The number of carboxylic acid groups (broad SMARTS) is 1. The smallest absolute Gasteiger partial charge is 0.306 e. The maximum atomic E-state index is 12.5. The van der Waals surface area contributed by atoms with E-state index in [1.807, 2.05) is 0 Å². The molecule has 0 radical (unpaired) electrons. The van der Waals surface area contributed by atoms with Crippen LogP contribution in [-0.2, 0) is 14.3 Å². The summed E-state index contributed by atoms with van der Waals surface area (Å²) in [7, 11) is 0. The van der Waals surface area contributed by atoms with Gasteiger partial charge in [0.05, 0.1) is 18.4 Å². The van der Waals surface area contributed by atoms with Crippen LogP contribution in [0.15, 0.2) is 11.6 Å². The molecule has 0 aromatic carbocycles. The van der Waals surface area contributed by atoms with Crippen LogP contribution in [-0.4, -0.2) is 33.9 Å². The van der Waals surface area contributed by atoms with E-state index in [0.717, 1.165) is 38.5 Å². The molecule has 0 bridgehead atoms. The van der Waals surface area contributed by atoms with Crippen molar-refractivity contribution in [3.63, 3.8) is 0 Å². The lowest BCUT2D eigenvalue weighted by Gasteiger charge is -2.70. The standard InChI is InChI=1S/C34H56O5/c1-22(2)10-9-18-34(8,38)24-15-20-32(6)23(24)11-12-26-31(5)19-17-27(39-29(37)14-13-28(35)36)30(3,4)25(31)16-21-33(26,32)7/h10,23-27,38H,9,11-21H2,1-8H3,(H,35,36)/t23-,24+,25+,26-,27+,31+,32-,33-,34+/m1/s1. The average molecular weight is 545 g/mol. The van der Waals surface area contributed by atoms with Crippen LogP contribution in [0, 0.1) is 45.3 Å². The van der Waals surface area contributed by atoms with Crippen molar-refractivity contribution in [2.75, 3.05) is 0 Å². The molecular weight excluding hydrogens is 488 g/mol. The number of aliphatic hydroxyl groups is 1. The summed E-state index contributed by atoms with van der Waals surface area (Å²) >= 11 is 0. The van der Waals surface area contributed by atoms with Gasteiger partial charge in [-0.25, -0.2) is 0 Å². The number of carboxylic acids is 1. The molecule has 0 aromatic heterocycles. The molecule has 39 heavy (non-hydrogen) atoms. The number of carbonyl (C=O) groups excluding carboxylic acids is 1. The summed E-state index contributed by atoms with van der Waals surface area (Å²) in [4.78, 5) is 23.4. The van der Waals surface area contributed by atoms with Crippen LogP contribution < -0.4 is 0 Å². The first-order chi connectivity index (χ1) is 18.0. The molecule has 4 saturated carbocycles. The van der Waals surface area contributed by atoms with E-state index in [0.29, 0.717) is 23.7 Å². The maximum absolute atomic E-state index is 12.5. The van der Waals surface area contributed by atoms with Gasteiger partial charge in [0, 0.05) is 5.41 Å². The Labute approximate surface area is 237 Å². The first-order valence-corrected chi connectivity index (χ1v) is 15.8. The number of rotatable bonds is 8. The zero-order chi connectivity index (χ0) is 29.0. The molecule has 0 unspecified atom stereocenters. The van der Waals surface area contributed by atoms with E-state index in [1.54, 1.807) is 0 Å². The van der Waals surface area contributed by atoms with Crippen LogP contribution in [0.1, 0.15) is 132 Å². The predicted molar refractivity (Wildman–Crippen MR) is 155 cm³/mol. The van der Waals surface area contributed by atoms with Gasteiger partial charge in [0.1, 0.15) is 6.10 Å². The van der Waals surface area contributed by atoms with Crippen molar-refractivity contribution in [2.24, 2.45) is 45.3 Å². The van der Waals surface area contributed by atoms with Gasteiger partial charge in [-0.15, -0.1) is 0 Å². The topological polar surface area (TPSA) is 83.8 Å². The Morgan fingerprint density at radius 1 is 0.897 bits per heavy atom. The summed E-state index contributed by atoms with van der Waals surface area (Å²) in [5.74, 6) is 0.706. The highest BCUT2D eigenvalue weighted by Gasteiger charge is 2.69. The summed E-state index contributed by atoms with van der Waals surface area (Å²) in [6.07, 6.45) is 12.7. The van der Waals surface area contributed by atoms with Crippen LogP contribution in [0.4, 0.5) is 0 Å². The average Bonchev–Trinajstić information content (AvgIpc) is 3.18. The molecule has 0 saturated heterocycles. The lowest BCUT2D eigenvalue weighted by Crippen LogP contribution is -2.64. The number of esters is 1. The molecule has 5 heteroatoms. The molecule has 222 valence electrons. The quantitative estimate of drug-likeness (QED) is 0.239. The van der Waals surface area contributed by atoms with E-state index in [1.165, 1.54) is 31.3 Å². The highest BCUT2D eigenvalue weighted by atomic mass is 16.5. The van der Waals surface area contributed by atoms with Crippen molar-refractivity contribution < 1.29 is 24.5 Å². The Hall–Kier alpha value is -1.36. The van der Waals surface area contributed by atoms with Gasteiger partial charge in [-0.3, -0.25) is 9.59 Å². The predicted octanol–water partition coefficient (Wildman–Crippen LogP) is 7.95. The fraction of sp³-hybridized carbons (Fsp3) is 0.882. The second-order valence-electron chi connectivity index (χ2n) is 15.7. The lowest BCUT2D eigenvalue weighted by molar-refractivity contribution is -0.230. The summed E-state index contributed by atoms with van der Waals surface area (Å²) in [5, 5.41) is 20.7. The zero-order valence-corrected chi connectivity index (χ0v) is 26.1. The number of allylic oxidation sites excluding steroid dienone is 2. The van der Waals surface area contributed by atoms with E-state index in [-0.39, 0.29) is 46.6 Å². The zero-order valence-electron chi connectivity index (χ0n) is 26.1. The molecule has 4 aliphatic carbocycles. The first kappa shape index (κ1) is 30.6. The van der Waals surface area contributed by atoms with E-state index in [9.17, 15) is 14.7 Å². The molecule has 0 aromatic rings. The van der Waals surface area contributed by atoms with E-state index in [4.69, 9.17) is 9.84 Å². The molecule has 0 spiro atoms. The van der Waals surface area contributed by atoms with Crippen molar-refractivity contribution in [3.05, 3.63) is 11.6 Å². The molecule has 0 amide bonds. The van der Waals surface area contributed by atoms with Gasteiger partial charge in [0.25, 0.3) is 0 Å². The number of hydrogen-bond acceptors (Lipinski definition) is 4. The highest BCUT2D eigenvalue weighted by Crippen LogP contribution is 2.75. The number of ether oxygens (including phenoxy) is 1. The third-order valence-corrected chi connectivity index (χ3v) is 13.2. The lowest BCUT2D eigenvalue weighted by atomic mass is 9.35. The Morgan fingerprint density at radius 2 is 1.56 bits per heavy atom. The van der Waals surface area contributed by atoms with Gasteiger partial charge >= 0.3 is 11.9 Å². The van der Waals surface area contributed by atoms with Crippen LogP contribution in [0.2, 0.25) is 0 Å². The fourth-order valence-electron chi connectivity index (χ4n) is 10.9. The number of carbonyl (C=O) groups is 2. The van der Waals surface area contributed by atoms with E-state index >= 15 is 0 Å². The molecule has 2 N–H and O–H groups in total. The van der Waals surface area contributed by atoms with Crippen molar-refractivity contribution in [3.8, 4) is 0 Å². The molecule has 4 aliphatic rings. The summed E-state index contributed by atoms with van der Waals surface area (Å²) in [6, 6.07) is 0. The Kier molecular flexibility index (Phi) is 8.22. The Balaban J connectivity index is 1.53. The van der Waals surface area contributed by atoms with Gasteiger partial charge < -0.3 is 14.9 Å². The Bertz CT molecular complexity index is 976. The monoisotopic (exact) mass is 544 g/mol. The normalized spacial score (nSPS) is 42.3. The van der Waals surface area contributed by atoms with Crippen LogP contribution >= 0.6 is 0 Å². The number of fused-ring (bicyclic) bond motifs is 5. The fourth-order valence-corrected chi connectivity index (χ4v) is 10.9. The maximum Gasteiger partial charge on any atom is 0.306 e. The van der Waals surface area contributed by atoms with Gasteiger partial charge in [0.15, 0.2) is 0 Å². The molecule has 9 atom stereocenters. The minimum Gasteiger partial charge on any atom is -0.481 e. The molecular formula is C34H56O5. The first-order valence-electron chi connectivity index (χ1n) is 15.8. The number of hydrogen-bond donors (Lipinski definition) is 2. The number of aliphatic carboxylic acids is 1. The van der Waals surface area contributed by atoms with Gasteiger partial charge in [-0.2, -0.15) is 0 Å². The van der Waals surface area contributed by atoms with Crippen molar-refractivity contribution in [2.45, 2.75) is 144 Å². The van der Waals surface area contributed by atoms with Crippen molar-refractivity contribution in [1.82, 2.24) is 0 Å². The summed E-state index contributed by atoms with van der Waals surface area (Å²) in [6.45, 7) is 18.7. The summed E-state index contributed by atoms with van der Waals surface area (Å²) in [5.41, 5.74) is 1.24. The molecule has 0 aliphatic heterocycles. The SMILES string of the molecule is CC(C)=CCC[C@](C)(O)[C@H]1CC[C@]2(C)[C@@H]1CC[C@@H]1[C@@]3(C)CC[C@H](OC(=O)CCC(=O)O)C(C)(C)[C@@H]3CC[C@]12C. The summed E-state index contributed by atoms with van der Waals surface area (Å²) < 4.78 is 5.97. The molecule has 4 rings (SSSR count). The van der Waals surface area contributed by atoms with Crippen molar-refractivity contribution in [1.29, 1.82) is 0 Å². The Morgan fingerprint density at radius 3 is 2.21 bits per heavy atom. The largest absolute Gasteiger partial charge is 0.481 e. The minimum atomic E-state index is -0.957. The van der Waals surface area contributed by atoms with Crippen LogP contribution in [0.3, 0.4) is 0 Å². The molecule has 4 fully saturated rings. The molecule has 0 heterocycles. The third-order valence-electron chi connectivity index (χ3n) is 13.2. The van der Waals surface area contributed by atoms with E-state index in [2.05, 4.69) is 61.5 Å².